The summed E-state index contributed by atoms with van der Waals surface area (Å²) in [5.74, 6) is 0.494. The number of benzene rings is 2. The van der Waals surface area contributed by atoms with Crippen LogP contribution >= 0.6 is 35.6 Å². The fourth-order valence-electron chi connectivity index (χ4n) is 3.17. The van der Waals surface area contributed by atoms with Gasteiger partial charge in [0.15, 0.2) is 5.11 Å². The maximum Gasteiger partial charge on any atom is 0.269 e. The Morgan fingerprint density at radius 3 is 2.65 bits per heavy atom. The summed E-state index contributed by atoms with van der Waals surface area (Å²) in [7, 11) is 0. The van der Waals surface area contributed by atoms with E-state index in [2.05, 4.69) is 0 Å². The normalized spacial score (nSPS) is 22.0. The van der Waals surface area contributed by atoms with Crippen molar-refractivity contribution in [2.45, 2.75) is 11.4 Å². The maximum absolute atomic E-state index is 12.9. The van der Waals surface area contributed by atoms with Gasteiger partial charge >= 0.3 is 0 Å². The Kier molecular flexibility index (Phi) is 4.34. The molecule has 0 spiro atoms. The molecule has 26 heavy (non-hydrogen) atoms. The predicted molar refractivity (Wildman–Crippen MR) is 105 cm³/mol. The quantitative estimate of drug-likeness (QED) is 0.437. The van der Waals surface area contributed by atoms with Gasteiger partial charge in [-0.25, -0.2) is 0 Å². The summed E-state index contributed by atoms with van der Waals surface area (Å²) >= 11 is 13.1. The number of nitro benzene ring substituents is 1. The highest BCUT2D eigenvalue weighted by atomic mass is 35.5. The van der Waals surface area contributed by atoms with Crippen LogP contribution in [0.3, 0.4) is 0 Å². The molecule has 0 N–H and O–H groups in total. The molecule has 0 aromatic heterocycles. The number of halogens is 1. The van der Waals surface area contributed by atoms with Crippen molar-refractivity contribution < 1.29 is 9.72 Å². The van der Waals surface area contributed by atoms with Crippen LogP contribution in [0.4, 0.5) is 11.4 Å². The lowest BCUT2D eigenvalue weighted by atomic mass is 10.1. The zero-order valence-electron chi connectivity index (χ0n) is 13.2. The van der Waals surface area contributed by atoms with E-state index >= 15 is 0 Å². The van der Waals surface area contributed by atoms with Crippen LogP contribution < -0.4 is 4.90 Å². The molecule has 9 heteroatoms. The molecule has 6 nitrogen and oxygen atoms in total. The Morgan fingerprint density at radius 1 is 1.23 bits per heavy atom. The molecule has 0 aliphatic carbocycles. The van der Waals surface area contributed by atoms with Crippen molar-refractivity contribution >= 4 is 58.0 Å². The lowest BCUT2D eigenvalue weighted by molar-refractivity contribution is -0.384. The molecule has 4 rings (SSSR count). The zero-order chi connectivity index (χ0) is 18.4. The molecule has 1 amide bonds. The number of hydrogen-bond donors (Lipinski definition) is 0. The second-order valence-corrected chi connectivity index (χ2v) is 7.81. The van der Waals surface area contributed by atoms with Gasteiger partial charge in [-0.1, -0.05) is 23.7 Å². The van der Waals surface area contributed by atoms with Crippen LogP contribution in [0, 0.1) is 10.1 Å². The number of carbonyl (C=O) groups is 1. The molecular formula is C17H12ClN3O3S2. The first-order chi connectivity index (χ1) is 12.5. The standard InChI is InChI=1S/C17H12ClN3O3S2/c18-11-4-6-12(7-5-11)19-15(22)14-9-26-16(20(14)17(19)25)10-2-1-3-13(8-10)21(23)24/h1-8,14,16H,9H2/t14-,16+/m1/s1. The van der Waals surface area contributed by atoms with E-state index < -0.39 is 4.92 Å². The van der Waals surface area contributed by atoms with Crippen molar-refractivity contribution in [2.75, 3.05) is 10.7 Å². The van der Waals surface area contributed by atoms with Gasteiger partial charge in [-0.3, -0.25) is 19.8 Å². The highest BCUT2D eigenvalue weighted by Crippen LogP contribution is 2.46. The van der Waals surface area contributed by atoms with Crippen LogP contribution in [0.2, 0.25) is 5.02 Å². The van der Waals surface area contributed by atoms with E-state index in [1.54, 1.807) is 42.1 Å². The number of nitro groups is 1. The largest absolute Gasteiger partial charge is 0.319 e. The number of non-ortho nitro benzene ring substituents is 1. The molecule has 0 radical (unpaired) electrons. The first-order valence-corrected chi connectivity index (χ1v) is 9.58. The van der Waals surface area contributed by atoms with Gasteiger partial charge in [0, 0.05) is 22.9 Å². The summed E-state index contributed by atoms with van der Waals surface area (Å²) < 4.78 is 0. The van der Waals surface area contributed by atoms with E-state index in [9.17, 15) is 14.9 Å². The molecular weight excluding hydrogens is 394 g/mol. The Labute approximate surface area is 163 Å². The van der Waals surface area contributed by atoms with Gasteiger partial charge < -0.3 is 4.90 Å². The number of nitrogens with zero attached hydrogens (tertiary/aromatic N) is 3. The lowest BCUT2D eigenvalue weighted by Crippen LogP contribution is -2.33. The van der Waals surface area contributed by atoms with E-state index in [-0.39, 0.29) is 23.0 Å². The van der Waals surface area contributed by atoms with Gasteiger partial charge in [0.2, 0.25) is 0 Å². The second-order valence-electron chi connectivity index (χ2n) is 5.89. The molecule has 2 heterocycles. The highest BCUT2D eigenvalue weighted by Gasteiger charge is 2.50. The number of anilines is 1. The first kappa shape index (κ1) is 17.3. The molecule has 0 unspecified atom stereocenters. The van der Waals surface area contributed by atoms with Crippen molar-refractivity contribution in [3.8, 4) is 0 Å². The van der Waals surface area contributed by atoms with Crippen LogP contribution in [0.25, 0.3) is 0 Å². The minimum absolute atomic E-state index is 0.0255. The third kappa shape index (κ3) is 2.74. The van der Waals surface area contributed by atoms with Crippen LogP contribution in [0.15, 0.2) is 48.5 Å². The maximum atomic E-state index is 12.9. The average Bonchev–Trinajstić information content (AvgIpc) is 3.17. The molecule has 0 saturated carbocycles. The Balaban J connectivity index is 1.68. The van der Waals surface area contributed by atoms with Gasteiger partial charge in [0.05, 0.1) is 10.6 Å². The summed E-state index contributed by atoms with van der Waals surface area (Å²) in [5.41, 5.74) is 1.46. The monoisotopic (exact) mass is 405 g/mol. The number of thiocarbonyl (C=S) groups is 1. The molecule has 2 aliphatic rings. The minimum atomic E-state index is -0.423. The van der Waals surface area contributed by atoms with Crippen molar-refractivity contribution in [1.82, 2.24) is 4.90 Å². The van der Waals surface area contributed by atoms with Gasteiger partial charge in [-0.15, -0.1) is 11.8 Å². The van der Waals surface area contributed by atoms with Crippen LogP contribution in [0.1, 0.15) is 10.9 Å². The smallest absolute Gasteiger partial charge is 0.269 e. The first-order valence-electron chi connectivity index (χ1n) is 7.75. The van der Waals surface area contributed by atoms with Gasteiger partial charge in [0.25, 0.3) is 11.6 Å². The Bertz CT molecular complexity index is 922. The summed E-state index contributed by atoms with van der Waals surface area (Å²) in [5, 5.41) is 11.8. The molecule has 2 aromatic rings. The van der Waals surface area contributed by atoms with E-state index in [4.69, 9.17) is 23.8 Å². The van der Waals surface area contributed by atoms with Crippen LogP contribution in [-0.2, 0) is 4.79 Å². The number of rotatable bonds is 3. The average molecular weight is 406 g/mol. The fraction of sp³-hybridized carbons (Fsp3) is 0.176. The van der Waals surface area contributed by atoms with Crippen molar-refractivity contribution in [3.63, 3.8) is 0 Å². The SMILES string of the molecule is O=C1[C@H]2CS[C@@H](c3cccc([N+](=O)[O-])c3)N2C(=S)N1c1ccc(Cl)cc1. The van der Waals surface area contributed by atoms with E-state index in [0.717, 1.165) is 5.56 Å². The minimum Gasteiger partial charge on any atom is -0.319 e. The number of fused-ring (bicyclic) bond motifs is 1. The van der Waals surface area contributed by atoms with Crippen molar-refractivity contribution in [2.24, 2.45) is 0 Å². The molecule has 0 bridgehead atoms. The van der Waals surface area contributed by atoms with Gasteiger partial charge in [-0.05, 0) is 42.0 Å². The number of hydrogen-bond acceptors (Lipinski definition) is 5. The number of amides is 1. The summed E-state index contributed by atoms with van der Waals surface area (Å²) in [6.07, 6.45) is 0. The van der Waals surface area contributed by atoms with Gasteiger partial charge in [0.1, 0.15) is 11.4 Å². The zero-order valence-corrected chi connectivity index (χ0v) is 15.6. The fourth-order valence-corrected chi connectivity index (χ4v) is 5.20. The van der Waals surface area contributed by atoms with Crippen molar-refractivity contribution in [1.29, 1.82) is 0 Å². The molecule has 2 aromatic carbocycles. The second kappa shape index (κ2) is 6.53. The third-order valence-corrected chi connectivity index (χ3v) is 6.34. The molecule has 2 aliphatic heterocycles. The molecule has 2 atom stereocenters. The molecule has 132 valence electrons. The topological polar surface area (TPSA) is 66.7 Å². The molecule has 2 saturated heterocycles. The van der Waals surface area contributed by atoms with Crippen LogP contribution in [-0.4, -0.2) is 32.6 Å². The Hall–Kier alpha value is -2.16. The van der Waals surface area contributed by atoms with E-state index in [0.29, 0.717) is 21.6 Å². The predicted octanol–water partition coefficient (Wildman–Crippen LogP) is 4.00. The Morgan fingerprint density at radius 2 is 1.96 bits per heavy atom. The summed E-state index contributed by atoms with van der Waals surface area (Å²) in [6, 6.07) is 13.0. The summed E-state index contributed by atoms with van der Waals surface area (Å²) in [6.45, 7) is 0. The van der Waals surface area contributed by atoms with E-state index in [1.165, 1.54) is 17.0 Å². The molecule has 2 fully saturated rings. The third-order valence-electron chi connectivity index (χ3n) is 4.37. The summed E-state index contributed by atoms with van der Waals surface area (Å²) in [4.78, 5) is 26.9. The number of thioether (sulfide) groups is 1. The van der Waals surface area contributed by atoms with Gasteiger partial charge in [-0.2, -0.15) is 0 Å². The highest BCUT2D eigenvalue weighted by molar-refractivity contribution is 7.99. The lowest BCUT2D eigenvalue weighted by Gasteiger charge is -2.25. The van der Waals surface area contributed by atoms with Crippen molar-refractivity contribution in [3.05, 3.63) is 69.2 Å². The van der Waals surface area contributed by atoms with E-state index in [1.807, 2.05) is 11.0 Å². The number of carbonyl (C=O) groups excluding carboxylic acids is 1. The van der Waals surface area contributed by atoms with Crippen LogP contribution in [0.5, 0.6) is 0 Å².